The first-order valence-electron chi connectivity index (χ1n) is 6.68. The molecule has 2 saturated carbocycles. The van der Waals surface area contributed by atoms with Gasteiger partial charge >= 0.3 is 0 Å². The standard InChI is InChI=1S/C13H23BrO3/c1-3-16-13-11(14)8-12(13)17-10-6-4-5-9(7-10)15-2/h9-13H,3-8H2,1-2H3. The Labute approximate surface area is 112 Å². The first-order chi connectivity index (χ1) is 8.24. The Kier molecular flexibility index (Phi) is 5.27. The van der Waals surface area contributed by atoms with Gasteiger partial charge in [0.05, 0.1) is 24.4 Å². The van der Waals surface area contributed by atoms with E-state index >= 15 is 0 Å². The maximum Gasteiger partial charge on any atom is 0.0962 e. The maximum atomic E-state index is 6.16. The van der Waals surface area contributed by atoms with Crippen LogP contribution in [0.4, 0.5) is 0 Å². The highest BCUT2D eigenvalue weighted by Crippen LogP contribution is 2.36. The molecule has 5 atom stereocenters. The predicted molar refractivity (Wildman–Crippen MR) is 70.7 cm³/mol. The van der Waals surface area contributed by atoms with Gasteiger partial charge in [0.25, 0.3) is 0 Å². The fourth-order valence-corrected chi connectivity index (χ4v) is 3.61. The molecule has 0 saturated heterocycles. The zero-order valence-electron chi connectivity index (χ0n) is 10.7. The SMILES string of the molecule is CCOC1C(Br)CC1OC1CCCC(OC)C1. The van der Waals surface area contributed by atoms with Crippen LogP contribution in [0, 0.1) is 0 Å². The van der Waals surface area contributed by atoms with Gasteiger partial charge in [0.1, 0.15) is 0 Å². The van der Waals surface area contributed by atoms with E-state index in [-0.39, 0.29) is 12.2 Å². The molecule has 0 aromatic heterocycles. The summed E-state index contributed by atoms with van der Waals surface area (Å²) in [5.74, 6) is 0. The molecule has 0 radical (unpaired) electrons. The van der Waals surface area contributed by atoms with Crippen molar-refractivity contribution in [1.29, 1.82) is 0 Å². The normalized spacial score (nSPS) is 42.2. The quantitative estimate of drug-likeness (QED) is 0.731. The van der Waals surface area contributed by atoms with Crippen LogP contribution in [0.3, 0.4) is 0 Å². The predicted octanol–water partition coefficient (Wildman–Crippen LogP) is 2.90. The molecule has 0 bridgehead atoms. The Morgan fingerprint density at radius 3 is 2.59 bits per heavy atom. The van der Waals surface area contributed by atoms with E-state index in [0.717, 1.165) is 19.4 Å². The van der Waals surface area contributed by atoms with Crippen LogP contribution in [0.15, 0.2) is 0 Å². The van der Waals surface area contributed by atoms with Crippen LogP contribution in [-0.2, 0) is 14.2 Å². The number of methoxy groups -OCH3 is 1. The highest BCUT2D eigenvalue weighted by atomic mass is 79.9. The zero-order chi connectivity index (χ0) is 12.3. The summed E-state index contributed by atoms with van der Waals surface area (Å²) < 4.78 is 17.3. The summed E-state index contributed by atoms with van der Waals surface area (Å²) >= 11 is 3.63. The fourth-order valence-electron chi connectivity index (χ4n) is 2.75. The van der Waals surface area contributed by atoms with E-state index in [9.17, 15) is 0 Å². The van der Waals surface area contributed by atoms with Gasteiger partial charge in [0.2, 0.25) is 0 Å². The molecule has 17 heavy (non-hydrogen) atoms. The van der Waals surface area contributed by atoms with Gasteiger partial charge in [-0.1, -0.05) is 15.9 Å². The molecule has 2 aliphatic rings. The van der Waals surface area contributed by atoms with Crippen molar-refractivity contribution >= 4 is 15.9 Å². The van der Waals surface area contributed by atoms with Crippen LogP contribution < -0.4 is 0 Å². The van der Waals surface area contributed by atoms with Crippen molar-refractivity contribution in [3.8, 4) is 0 Å². The van der Waals surface area contributed by atoms with Crippen LogP contribution >= 0.6 is 15.9 Å². The largest absolute Gasteiger partial charge is 0.381 e. The molecule has 4 heteroatoms. The first kappa shape index (κ1) is 13.8. The monoisotopic (exact) mass is 306 g/mol. The summed E-state index contributed by atoms with van der Waals surface area (Å²) in [4.78, 5) is 0.467. The van der Waals surface area contributed by atoms with E-state index < -0.39 is 0 Å². The van der Waals surface area contributed by atoms with Crippen molar-refractivity contribution in [2.24, 2.45) is 0 Å². The summed E-state index contributed by atoms with van der Waals surface area (Å²) in [6, 6.07) is 0. The minimum absolute atomic E-state index is 0.239. The summed E-state index contributed by atoms with van der Waals surface area (Å²) in [6.45, 7) is 2.80. The molecule has 100 valence electrons. The molecule has 0 amide bonds. The third-order valence-electron chi connectivity index (χ3n) is 3.82. The van der Waals surface area contributed by atoms with Gasteiger partial charge in [-0.3, -0.25) is 0 Å². The van der Waals surface area contributed by atoms with Crippen molar-refractivity contribution in [2.75, 3.05) is 13.7 Å². The van der Waals surface area contributed by atoms with Gasteiger partial charge in [-0.2, -0.15) is 0 Å². The minimum atomic E-state index is 0.239. The Morgan fingerprint density at radius 2 is 1.94 bits per heavy atom. The fraction of sp³-hybridized carbons (Fsp3) is 1.00. The molecule has 2 rings (SSSR count). The summed E-state index contributed by atoms with van der Waals surface area (Å²) in [5.41, 5.74) is 0. The van der Waals surface area contributed by atoms with E-state index in [1.807, 2.05) is 6.92 Å². The number of alkyl halides is 1. The molecular weight excluding hydrogens is 284 g/mol. The molecule has 0 aromatic rings. The molecule has 0 aliphatic heterocycles. The van der Waals surface area contributed by atoms with Gasteiger partial charge in [0, 0.05) is 18.5 Å². The first-order valence-corrected chi connectivity index (χ1v) is 7.60. The molecule has 2 fully saturated rings. The van der Waals surface area contributed by atoms with E-state index in [4.69, 9.17) is 14.2 Å². The molecule has 5 unspecified atom stereocenters. The summed E-state index contributed by atoms with van der Waals surface area (Å²) in [7, 11) is 1.80. The third-order valence-corrected chi connectivity index (χ3v) is 4.71. The molecule has 0 N–H and O–H groups in total. The van der Waals surface area contributed by atoms with Crippen molar-refractivity contribution < 1.29 is 14.2 Å². The smallest absolute Gasteiger partial charge is 0.0962 e. The number of ether oxygens (including phenoxy) is 3. The van der Waals surface area contributed by atoms with Gasteiger partial charge in [-0.05, 0) is 39.0 Å². The molecule has 0 spiro atoms. The zero-order valence-corrected chi connectivity index (χ0v) is 12.3. The lowest BCUT2D eigenvalue weighted by molar-refractivity contribution is -0.157. The second kappa shape index (κ2) is 6.50. The topological polar surface area (TPSA) is 27.7 Å². The number of hydrogen-bond acceptors (Lipinski definition) is 3. The van der Waals surface area contributed by atoms with Crippen molar-refractivity contribution in [1.82, 2.24) is 0 Å². The van der Waals surface area contributed by atoms with Crippen LogP contribution in [0.1, 0.15) is 39.0 Å². The van der Waals surface area contributed by atoms with Crippen LogP contribution in [-0.4, -0.2) is 43.0 Å². The van der Waals surface area contributed by atoms with Gasteiger partial charge in [-0.25, -0.2) is 0 Å². The van der Waals surface area contributed by atoms with Crippen molar-refractivity contribution in [2.45, 2.75) is 68.3 Å². The number of rotatable bonds is 5. The van der Waals surface area contributed by atoms with E-state index in [2.05, 4.69) is 15.9 Å². The average molecular weight is 307 g/mol. The number of halogens is 1. The van der Waals surface area contributed by atoms with Crippen LogP contribution in [0.2, 0.25) is 0 Å². The third kappa shape index (κ3) is 3.43. The maximum absolute atomic E-state index is 6.16. The highest BCUT2D eigenvalue weighted by Gasteiger charge is 2.42. The average Bonchev–Trinajstić information content (AvgIpc) is 2.36. The lowest BCUT2D eigenvalue weighted by atomic mass is 9.89. The molecule has 2 aliphatic carbocycles. The second-order valence-electron chi connectivity index (χ2n) is 4.99. The van der Waals surface area contributed by atoms with E-state index in [1.54, 1.807) is 7.11 Å². The minimum Gasteiger partial charge on any atom is -0.381 e. The Bertz CT molecular complexity index is 235. The van der Waals surface area contributed by atoms with Crippen molar-refractivity contribution in [3.05, 3.63) is 0 Å². The van der Waals surface area contributed by atoms with Crippen molar-refractivity contribution in [3.63, 3.8) is 0 Å². The van der Waals surface area contributed by atoms with Gasteiger partial charge in [-0.15, -0.1) is 0 Å². The lowest BCUT2D eigenvalue weighted by Gasteiger charge is -2.43. The summed E-state index contributed by atoms with van der Waals surface area (Å²) in [6.07, 6.45) is 6.94. The molecular formula is C13H23BrO3. The van der Waals surface area contributed by atoms with Crippen LogP contribution in [0.25, 0.3) is 0 Å². The lowest BCUT2D eigenvalue weighted by Crippen LogP contribution is -2.52. The van der Waals surface area contributed by atoms with E-state index in [1.165, 1.54) is 19.3 Å². The Hall–Kier alpha value is 0.360. The molecule has 3 nitrogen and oxygen atoms in total. The number of hydrogen-bond donors (Lipinski definition) is 0. The second-order valence-corrected chi connectivity index (χ2v) is 6.17. The highest BCUT2D eigenvalue weighted by molar-refractivity contribution is 9.09. The Morgan fingerprint density at radius 1 is 1.18 bits per heavy atom. The van der Waals surface area contributed by atoms with Gasteiger partial charge in [0.15, 0.2) is 0 Å². The van der Waals surface area contributed by atoms with Crippen LogP contribution in [0.5, 0.6) is 0 Å². The molecule has 0 heterocycles. The molecule has 0 aromatic carbocycles. The Balaban J connectivity index is 1.76. The van der Waals surface area contributed by atoms with Gasteiger partial charge < -0.3 is 14.2 Å². The summed E-state index contributed by atoms with van der Waals surface area (Å²) in [5, 5.41) is 0. The van der Waals surface area contributed by atoms with E-state index in [0.29, 0.717) is 17.0 Å².